The van der Waals surface area contributed by atoms with Crippen LogP contribution in [0.2, 0.25) is 0 Å². The van der Waals surface area contributed by atoms with Gasteiger partial charge < -0.3 is 38.5 Å². The van der Waals surface area contributed by atoms with E-state index in [1.807, 2.05) is 46.2 Å². The average Bonchev–Trinajstić information content (AvgIpc) is 1.77. The van der Waals surface area contributed by atoms with Crippen molar-refractivity contribution >= 4 is 99.8 Å². The van der Waals surface area contributed by atoms with Crippen LogP contribution in [0.3, 0.4) is 0 Å². The van der Waals surface area contributed by atoms with Crippen molar-refractivity contribution in [2.75, 3.05) is 115 Å². The number of anilines is 2. The molecule has 1 spiro atoms. The molecule has 0 radical (unpaired) electrons. The number of carbonyl (C=O) groups is 4. The number of carbonyl (C=O) groups excluding carboxylic acids is 4. The number of likely N-dealkylation sites (tertiary alicyclic amines) is 2. The fourth-order valence-electron chi connectivity index (χ4n) is 13.8. The highest BCUT2D eigenvalue weighted by molar-refractivity contribution is 7.17. The molecule has 2 amide bonds. The van der Waals surface area contributed by atoms with Gasteiger partial charge in [-0.15, -0.1) is 22.7 Å². The Morgan fingerprint density at radius 1 is 0.430 bits per heavy atom. The summed E-state index contributed by atoms with van der Waals surface area (Å²) < 4.78 is 29.1. The first-order chi connectivity index (χ1) is 45.5. The quantitative estimate of drug-likeness (QED) is 0.0288. The van der Waals surface area contributed by atoms with Gasteiger partial charge in [-0.3, -0.25) is 47.7 Å². The summed E-state index contributed by atoms with van der Waals surface area (Å²) in [5.41, 5.74) is 3.48. The largest absolute Gasteiger partial charge is 0.494 e. The predicted octanol–water partition coefficient (Wildman–Crippen LogP) is 11.8. The minimum atomic E-state index is -0.366. The van der Waals surface area contributed by atoms with Crippen LogP contribution in [-0.4, -0.2) is 157 Å². The summed E-state index contributed by atoms with van der Waals surface area (Å²) in [7, 11) is 0. The highest BCUT2D eigenvalue weighted by Crippen LogP contribution is 2.41. The molecule has 20 heteroatoms. The van der Waals surface area contributed by atoms with Crippen LogP contribution in [0.1, 0.15) is 103 Å². The second-order valence-electron chi connectivity index (χ2n) is 25.7. The monoisotopic (exact) mass is 1300 g/mol. The second kappa shape index (κ2) is 31.4. The number of nitrogens with zero attached hydrogens (tertiary/aromatic N) is 8. The lowest BCUT2D eigenvalue weighted by Gasteiger charge is -2.60. The molecule has 0 N–H and O–H groups in total. The Kier molecular flexibility index (Phi) is 22.1. The topological polar surface area (TPSA) is 169 Å². The fraction of sp³-hybridized carbons (Fsp3) is 0.479. The van der Waals surface area contributed by atoms with Crippen LogP contribution in [0, 0.1) is 5.41 Å². The number of unbranched alkanes of at least 4 members (excludes halogenated alkanes) is 8. The molecule has 4 aliphatic rings. The molecule has 0 saturated carbocycles. The number of benzene rings is 4. The summed E-state index contributed by atoms with van der Waals surface area (Å²) in [6, 6.07) is 35.5. The van der Waals surface area contributed by atoms with Gasteiger partial charge in [0.2, 0.25) is 11.8 Å². The zero-order valence-electron chi connectivity index (χ0n) is 53.6. The van der Waals surface area contributed by atoms with Gasteiger partial charge in [0, 0.05) is 165 Å². The van der Waals surface area contributed by atoms with Crippen molar-refractivity contribution in [2.24, 2.45) is 5.41 Å². The maximum Gasteiger partial charge on any atom is 0.307 e. The van der Waals surface area contributed by atoms with Crippen molar-refractivity contribution in [1.82, 2.24) is 28.7 Å². The highest BCUT2D eigenvalue weighted by Gasteiger charge is 2.54. The smallest absolute Gasteiger partial charge is 0.307 e. The first-order valence-corrected chi connectivity index (χ1v) is 35.5. The third kappa shape index (κ3) is 16.8. The Morgan fingerprint density at radius 3 is 1.27 bits per heavy atom. The Morgan fingerprint density at radius 2 is 0.839 bits per heavy atom. The van der Waals surface area contributed by atoms with Crippen LogP contribution < -0.4 is 30.4 Å². The van der Waals surface area contributed by atoms with Crippen LogP contribution >= 0.6 is 22.7 Å². The summed E-state index contributed by atoms with van der Waals surface area (Å²) in [6.45, 7) is 13.8. The molecule has 8 aromatic rings. The van der Waals surface area contributed by atoms with Crippen LogP contribution in [-0.2, 0) is 42.1 Å². The number of fused-ring (bicyclic) bond motifs is 4. The number of pyridine rings is 2. The molecule has 93 heavy (non-hydrogen) atoms. The molecule has 4 aromatic heterocycles. The molecular weight excluding hydrogens is 1210 g/mol. The lowest BCUT2D eigenvalue weighted by atomic mass is 9.72. The maximum absolute atomic E-state index is 13.0. The van der Waals surface area contributed by atoms with Gasteiger partial charge >= 0.3 is 11.9 Å². The van der Waals surface area contributed by atoms with E-state index < -0.39 is 0 Å². The number of ether oxygens (including phenoxy) is 4. The number of thiophene rings is 2. The number of rotatable bonds is 32. The average molecular weight is 1300 g/mol. The van der Waals surface area contributed by atoms with Gasteiger partial charge in [-0.2, -0.15) is 0 Å². The summed E-state index contributed by atoms with van der Waals surface area (Å²) in [6.07, 6.45) is 11.3. The highest BCUT2D eigenvalue weighted by atomic mass is 32.1. The van der Waals surface area contributed by atoms with E-state index in [0.29, 0.717) is 87.6 Å². The van der Waals surface area contributed by atoms with Crippen molar-refractivity contribution in [3.63, 3.8) is 0 Å². The fourth-order valence-corrected chi connectivity index (χ4v) is 15.4. The first kappa shape index (κ1) is 65.3. The minimum absolute atomic E-state index is 0.00398. The van der Waals surface area contributed by atoms with Gasteiger partial charge in [0.05, 0.1) is 24.2 Å². The van der Waals surface area contributed by atoms with E-state index in [-0.39, 0.29) is 66.6 Å². The second-order valence-corrected chi connectivity index (χ2v) is 27.6. The molecule has 492 valence electrons. The Balaban J connectivity index is 0.460. The zero-order valence-corrected chi connectivity index (χ0v) is 55.2. The summed E-state index contributed by atoms with van der Waals surface area (Å²) in [4.78, 5) is 91.5. The lowest BCUT2D eigenvalue weighted by molar-refractivity contribution is -0.168. The van der Waals surface area contributed by atoms with Crippen molar-refractivity contribution in [1.29, 1.82) is 0 Å². The van der Waals surface area contributed by atoms with Crippen molar-refractivity contribution in [2.45, 2.75) is 116 Å². The number of esters is 2. The van der Waals surface area contributed by atoms with Gasteiger partial charge in [0.1, 0.15) is 11.5 Å². The van der Waals surface area contributed by atoms with Gasteiger partial charge in [0.25, 0.3) is 11.1 Å². The van der Waals surface area contributed by atoms with Crippen molar-refractivity contribution in [3.05, 3.63) is 141 Å². The number of hydrogen-bond acceptors (Lipinski definition) is 16. The molecule has 4 fully saturated rings. The Hall–Kier alpha value is -7.78. The Labute approximate surface area is 552 Å². The number of aromatic nitrogens is 2. The van der Waals surface area contributed by atoms with Gasteiger partial charge in [-0.1, -0.05) is 37.8 Å². The third-order valence-corrected chi connectivity index (χ3v) is 20.9. The molecule has 4 aliphatic heterocycles. The molecule has 18 nitrogen and oxygen atoms in total. The van der Waals surface area contributed by atoms with Crippen LogP contribution in [0.25, 0.3) is 42.0 Å². The van der Waals surface area contributed by atoms with Gasteiger partial charge in [-0.05, 0) is 159 Å². The number of hydrogen-bond donors (Lipinski definition) is 0. The Bertz CT molecular complexity index is 3720. The molecule has 4 saturated heterocycles. The predicted molar refractivity (Wildman–Crippen MR) is 370 cm³/mol. The molecule has 4 aromatic carbocycles. The molecule has 8 heterocycles. The summed E-state index contributed by atoms with van der Waals surface area (Å²) in [5.74, 6) is 0.883. The molecular formula is C73H88N8O10S2. The maximum atomic E-state index is 13.0. The summed E-state index contributed by atoms with van der Waals surface area (Å²) >= 11 is 3.59. The van der Waals surface area contributed by atoms with Crippen LogP contribution in [0.15, 0.2) is 130 Å². The van der Waals surface area contributed by atoms with E-state index in [4.69, 9.17) is 18.9 Å². The van der Waals surface area contributed by atoms with E-state index >= 15 is 0 Å². The summed E-state index contributed by atoms with van der Waals surface area (Å²) in [5, 5.41) is 8.74. The number of piperazine rings is 2. The standard InChI is InChI=1S/C73H88N8O10S2/c82-67(19-5-1-3-7-21-71(86)90-53-80-63-47-57(27-23-55(63)25-29-69(80)84)88-43-11-9-33-74-35-39-76(40-36-74)61-15-13-17-65-59(61)31-45-92-65)78-49-73(50-78)51-79(52-73)68(83)20-6-2-4-8-22-72(87)91-54-81-64-48-58(28-24-56(64)26-30-70(81)85)89-44-12-10-34-75-37-41-77(42-38-75)62-16-14-18-66-60(62)32-46-93-66/h13-18,23-32,45-48H,1-12,19-22,33-44,49-54H2. The normalized spacial score (nSPS) is 15.9. The van der Waals surface area contributed by atoms with E-state index in [9.17, 15) is 28.8 Å². The lowest BCUT2D eigenvalue weighted by Crippen LogP contribution is -2.73. The molecule has 0 bridgehead atoms. The number of amides is 2. The van der Waals surface area contributed by atoms with E-state index in [1.165, 1.54) is 52.8 Å². The molecule has 12 rings (SSSR count). The van der Waals surface area contributed by atoms with Gasteiger partial charge in [-0.25, -0.2) is 0 Å². The molecule has 0 atom stereocenters. The van der Waals surface area contributed by atoms with Gasteiger partial charge in [0.15, 0.2) is 13.5 Å². The van der Waals surface area contributed by atoms with Crippen molar-refractivity contribution < 1.29 is 38.1 Å². The van der Waals surface area contributed by atoms with Crippen LogP contribution in [0.4, 0.5) is 11.4 Å². The van der Waals surface area contributed by atoms with Crippen LogP contribution in [0.5, 0.6) is 11.5 Å². The van der Waals surface area contributed by atoms with Crippen molar-refractivity contribution in [3.8, 4) is 11.5 Å². The molecule has 0 unspecified atom stereocenters. The van der Waals surface area contributed by atoms with E-state index in [2.05, 4.69) is 78.9 Å². The minimum Gasteiger partial charge on any atom is -0.494 e. The zero-order chi connectivity index (χ0) is 63.9. The van der Waals surface area contributed by atoms with E-state index in [0.717, 1.165) is 140 Å². The molecule has 0 aliphatic carbocycles. The SMILES string of the molecule is O=C(CCCCCCC(=O)N1CC2(C1)CN(C(=O)CCCCCCC(=O)OCn1c(=O)ccc3ccc(OCCCCN4CCN(c5cccc6sccc56)CC4)cc31)C2)OCn1c(=O)ccc2ccc(OCCCCN3CCN(c4cccc5sccc45)CC3)cc21. The van der Waals surface area contributed by atoms with E-state index in [1.54, 1.807) is 34.8 Å². The third-order valence-electron chi connectivity index (χ3n) is 19.1. The first-order valence-electron chi connectivity index (χ1n) is 33.8.